The number of rotatable bonds is 9. The number of phenols is 1. The van der Waals surface area contributed by atoms with E-state index in [0.29, 0.717) is 35.7 Å². The van der Waals surface area contributed by atoms with Crippen molar-refractivity contribution >= 4 is 22.4 Å². The number of phenolic OH excluding ortho intramolecular Hbond substituents is 1. The number of benzene rings is 2. The third-order valence-corrected chi connectivity index (χ3v) is 8.28. The molecule has 2 saturated heterocycles. The van der Waals surface area contributed by atoms with Gasteiger partial charge in [0.15, 0.2) is 0 Å². The van der Waals surface area contributed by atoms with Gasteiger partial charge in [0.2, 0.25) is 12.3 Å². The highest BCUT2D eigenvalue weighted by atomic mass is 19.3. The second-order valence-electron chi connectivity index (χ2n) is 10.9. The van der Waals surface area contributed by atoms with Crippen LogP contribution in [0.25, 0.3) is 10.8 Å². The van der Waals surface area contributed by atoms with Crippen LogP contribution in [0.5, 0.6) is 17.6 Å². The number of hydrogen-bond donors (Lipinski definition) is 1. The van der Waals surface area contributed by atoms with Crippen LogP contribution in [0.1, 0.15) is 54.2 Å². The summed E-state index contributed by atoms with van der Waals surface area (Å²) in [5, 5.41) is 11.5. The third kappa shape index (κ3) is 4.92. The van der Waals surface area contributed by atoms with Gasteiger partial charge < -0.3 is 19.5 Å². The maximum Gasteiger partial charge on any atom is 0.320 e. The number of anilines is 1. The van der Waals surface area contributed by atoms with E-state index in [9.17, 15) is 27.5 Å². The molecule has 8 nitrogen and oxygen atoms in total. The minimum Gasteiger partial charge on any atom is -0.508 e. The van der Waals surface area contributed by atoms with Gasteiger partial charge in [-0.05, 0) is 48.9 Å². The van der Waals surface area contributed by atoms with Crippen LogP contribution in [0.2, 0.25) is 0 Å². The molecule has 0 aliphatic carbocycles. The van der Waals surface area contributed by atoms with E-state index >= 15 is 0 Å². The van der Waals surface area contributed by atoms with E-state index in [1.165, 1.54) is 29.2 Å². The van der Waals surface area contributed by atoms with E-state index in [1.54, 1.807) is 6.92 Å². The second kappa shape index (κ2) is 10.6. The van der Waals surface area contributed by atoms with E-state index in [1.807, 2.05) is 0 Å². The average molecular weight is 575 g/mol. The minimum absolute atomic E-state index is 0.0112. The Bertz CT molecular complexity index is 1510. The molecule has 12 heteroatoms. The summed E-state index contributed by atoms with van der Waals surface area (Å²) in [7, 11) is 0. The van der Waals surface area contributed by atoms with Crippen molar-refractivity contribution < 1.29 is 36.9 Å². The zero-order valence-corrected chi connectivity index (χ0v) is 22.5. The molecule has 1 amide bonds. The van der Waals surface area contributed by atoms with E-state index in [0.717, 1.165) is 19.4 Å². The van der Waals surface area contributed by atoms with Crippen molar-refractivity contribution in [3.8, 4) is 17.6 Å². The van der Waals surface area contributed by atoms with Gasteiger partial charge in [0.1, 0.15) is 29.9 Å². The number of alkyl halides is 3. The Morgan fingerprint density at radius 2 is 2.05 bits per heavy atom. The highest BCUT2D eigenvalue weighted by Crippen LogP contribution is 2.42. The van der Waals surface area contributed by atoms with Crippen LogP contribution < -0.4 is 14.4 Å². The summed E-state index contributed by atoms with van der Waals surface area (Å²) in [6.07, 6.45) is -1.77. The maximum atomic E-state index is 14.8. The fourth-order valence-corrected chi connectivity index (χ4v) is 6.44. The van der Waals surface area contributed by atoms with Gasteiger partial charge in [0, 0.05) is 30.8 Å². The van der Waals surface area contributed by atoms with Crippen molar-refractivity contribution in [1.82, 2.24) is 14.9 Å². The first-order valence-corrected chi connectivity index (χ1v) is 13.8. The zero-order chi connectivity index (χ0) is 28.9. The Morgan fingerprint density at radius 3 is 2.83 bits per heavy atom. The van der Waals surface area contributed by atoms with Crippen LogP contribution in [-0.2, 0) is 13.0 Å². The first-order valence-electron chi connectivity index (χ1n) is 13.8. The molecule has 0 bridgehead atoms. The van der Waals surface area contributed by atoms with Crippen LogP contribution in [0.3, 0.4) is 0 Å². The number of halogens is 4. The Balaban J connectivity index is 1.36. The van der Waals surface area contributed by atoms with Gasteiger partial charge in [0.25, 0.3) is 5.91 Å². The highest BCUT2D eigenvalue weighted by molar-refractivity contribution is 6.15. The first-order chi connectivity index (χ1) is 19.7. The normalized spacial score (nSPS) is 22.1. The summed E-state index contributed by atoms with van der Waals surface area (Å²) in [5.74, 6) is -1.32. The molecule has 6 rings (SSSR count). The van der Waals surface area contributed by atoms with E-state index < -0.39 is 42.9 Å². The second-order valence-corrected chi connectivity index (χ2v) is 10.9. The molecule has 3 aromatic rings. The Labute approximate surface area is 233 Å². The molecule has 1 N–H and O–H groups in total. The average Bonchev–Trinajstić information content (AvgIpc) is 3.56. The van der Waals surface area contributed by atoms with Crippen molar-refractivity contribution in [2.24, 2.45) is 0 Å². The van der Waals surface area contributed by atoms with Gasteiger partial charge in [-0.2, -0.15) is 9.97 Å². The molecule has 0 spiro atoms. The predicted molar refractivity (Wildman–Crippen MR) is 142 cm³/mol. The molecular formula is C29H30F4N4O4. The Hall–Kier alpha value is -3.67. The smallest absolute Gasteiger partial charge is 0.320 e. The standard InChI is InChI=1S/C29H30F4N4O4/c1-2-19-20(31)5-4-16-10-18(38)11-22(24(16)19)37-14-21-25(27(37)39)26(40-9-6-23(32)33)35-28(34-21)41-15-29-7-3-8-36(29)13-17(30)12-29/h4-5,10-11,17,23,38H,2-3,6-9,12-15H2,1H3/t17-,29+/m1/s1. The number of hydrogen-bond acceptors (Lipinski definition) is 7. The molecule has 1 aromatic heterocycles. The number of carbonyl (C=O) groups is 1. The van der Waals surface area contributed by atoms with Crippen molar-refractivity contribution in [3.63, 3.8) is 0 Å². The summed E-state index contributed by atoms with van der Waals surface area (Å²) in [6.45, 7) is 2.59. The fraction of sp³-hybridized carbons (Fsp3) is 0.483. The van der Waals surface area contributed by atoms with Crippen molar-refractivity contribution in [2.75, 3.05) is 31.2 Å². The number of nitrogens with zero attached hydrogens (tertiary/aromatic N) is 4. The van der Waals surface area contributed by atoms with Gasteiger partial charge in [-0.1, -0.05) is 13.0 Å². The third-order valence-electron chi connectivity index (χ3n) is 8.28. The minimum atomic E-state index is -2.61. The summed E-state index contributed by atoms with van der Waals surface area (Å²) < 4.78 is 66.3. The molecule has 218 valence electrons. The summed E-state index contributed by atoms with van der Waals surface area (Å²) in [5.41, 5.74) is 0.423. The van der Waals surface area contributed by atoms with Crippen molar-refractivity contribution in [1.29, 1.82) is 0 Å². The molecule has 3 aliphatic heterocycles. The van der Waals surface area contributed by atoms with Crippen LogP contribution >= 0.6 is 0 Å². The van der Waals surface area contributed by atoms with Crippen molar-refractivity contribution in [3.05, 3.63) is 46.9 Å². The van der Waals surface area contributed by atoms with Crippen LogP contribution in [0.4, 0.5) is 23.2 Å². The topological polar surface area (TPSA) is 88.0 Å². The number of ether oxygens (including phenoxy) is 2. The van der Waals surface area contributed by atoms with Gasteiger partial charge in [-0.25, -0.2) is 17.6 Å². The zero-order valence-electron chi connectivity index (χ0n) is 22.5. The molecule has 2 atom stereocenters. The first kappa shape index (κ1) is 27.5. The fourth-order valence-electron chi connectivity index (χ4n) is 6.44. The SMILES string of the molecule is CCc1c(F)ccc2cc(O)cc(N3Cc4nc(OC[C@@]56CCCN5C[C@H](F)C6)nc(OCCC(F)F)c4C3=O)c12. The number of carbonyl (C=O) groups excluding carboxylic acids is 1. The lowest BCUT2D eigenvalue weighted by molar-refractivity contribution is 0.0978. The lowest BCUT2D eigenvalue weighted by Crippen LogP contribution is -2.43. The number of amides is 1. The Kier molecular flexibility index (Phi) is 7.13. The molecule has 41 heavy (non-hydrogen) atoms. The van der Waals surface area contributed by atoms with E-state index in [-0.39, 0.29) is 47.7 Å². The number of aromatic hydroxyl groups is 1. The summed E-state index contributed by atoms with van der Waals surface area (Å²) in [6, 6.07) is 5.62. The number of aryl methyl sites for hydroxylation is 1. The van der Waals surface area contributed by atoms with E-state index in [2.05, 4.69) is 14.9 Å². The van der Waals surface area contributed by atoms with E-state index in [4.69, 9.17) is 9.47 Å². The predicted octanol–water partition coefficient (Wildman–Crippen LogP) is 5.19. The van der Waals surface area contributed by atoms with Crippen LogP contribution in [0, 0.1) is 5.82 Å². The molecule has 3 aliphatic rings. The van der Waals surface area contributed by atoms with Gasteiger partial charge >= 0.3 is 6.01 Å². The molecule has 0 radical (unpaired) electrons. The highest BCUT2D eigenvalue weighted by Gasteiger charge is 2.49. The van der Waals surface area contributed by atoms with Gasteiger partial charge in [0.05, 0.1) is 30.1 Å². The Morgan fingerprint density at radius 1 is 1.22 bits per heavy atom. The van der Waals surface area contributed by atoms with Gasteiger partial charge in [-0.3, -0.25) is 9.69 Å². The monoisotopic (exact) mass is 574 g/mol. The molecule has 0 saturated carbocycles. The van der Waals surface area contributed by atoms with Crippen LogP contribution in [0.15, 0.2) is 24.3 Å². The largest absolute Gasteiger partial charge is 0.508 e. The molecule has 2 fully saturated rings. The molecule has 0 unspecified atom stereocenters. The lowest BCUT2D eigenvalue weighted by atomic mass is 9.95. The molecular weight excluding hydrogens is 544 g/mol. The summed E-state index contributed by atoms with van der Waals surface area (Å²) in [4.78, 5) is 25.9. The van der Waals surface area contributed by atoms with Crippen molar-refractivity contribution in [2.45, 2.75) is 63.7 Å². The maximum absolute atomic E-state index is 14.8. The molecule has 2 aromatic carbocycles. The van der Waals surface area contributed by atoms with Gasteiger partial charge in [-0.15, -0.1) is 0 Å². The summed E-state index contributed by atoms with van der Waals surface area (Å²) >= 11 is 0. The molecule has 4 heterocycles. The quantitative estimate of drug-likeness (QED) is 0.352. The van der Waals surface area contributed by atoms with Crippen LogP contribution in [-0.4, -0.2) is 70.3 Å². The lowest BCUT2D eigenvalue weighted by Gasteiger charge is -2.30. The number of fused-ring (bicyclic) bond motifs is 3. The number of aromatic nitrogens is 2.